The van der Waals surface area contributed by atoms with E-state index in [1.165, 1.54) is 0 Å². The number of carbonyl (C=O) groups excluding carboxylic acids is 1. The average Bonchev–Trinajstić information content (AvgIpc) is 2.97. The van der Waals surface area contributed by atoms with Crippen molar-refractivity contribution in [3.05, 3.63) is 30.1 Å². The van der Waals surface area contributed by atoms with Crippen molar-refractivity contribution in [3.63, 3.8) is 0 Å². The number of methoxy groups -OCH3 is 1. The predicted molar refractivity (Wildman–Crippen MR) is 101 cm³/mol. The van der Waals surface area contributed by atoms with E-state index < -0.39 is 5.60 Å². The number of fused-ring (bicyclic) bond motifs is 1. The van der Waals surface area contributed by atoms with Gasteiger partial charge in [0.2, 0.25) is 0 Å². The van der Waals surface area contributed by atoms with Crippen molar-refractivity contribution in [2.24, 2.45) is 0 Å². The van der Waals surface area contributed by atoms with Crippen molar-refractivity contribution < 1.29 is 14.3 Å². The highest BCUT2D eigenvalue weighted by molar-refractivity contribution is 5.76. The Morgan fingerprint density at radius 2 is 1.92 bits per heavy atom. The lowest BCUT2D eigenvalue weighted by atomic mass is 9.96. The number of rotatable bonds is 4. The maximum Gasteiger partial charge on any atom is 0.410 e. The van der Waals surface area contributed by atoms with E-state index in [1.807, 2.05) is 37.8 Å². The fourth-order valence-electron chi connectivity index (χ4n) is 3.47. The summed E-state index contributed by atoms with van der Waals surface area (Å²) >= 11 is 0. The molecule has 1 saturated heterocycles. The first-order chi connectivity index (χ1) is 12.4. The zero-order chi connectivity index (χ0) is 18.7. The molecule has 26 heavy (non-hydrogen) atoms. The quantitative estimate of drug-likeness (QED) is 0.833. The first-order valence-electron chi connectivity index (χ1n) is 9.31. The number of benzene rings is 1. The van der Waals surface area contributed by atoms with Gasteiger partial charge in [0.05, 0.1) is 17.6 Å². The zero-order valence-electron chi connectivity index (χ0n) is 16.2. The Kier molecular flexibility index (Phi) is 5.51. The van der Waals surface area contributed by atoms with Crippen LogP contribution in [0.25, 0.3) is 11.0 Å². The molecule has 0 aliphatic carbocycles. The second-order valence-electron chi connectivity index (χ2n) is 7.84. The van der Waals surface area contributed by atoms with Crippen LogP contribution in [0, 0.1) is 0 Å². The topological polar surface area (TPSA) is 56.6 Å². The van der Waals surface area contributed by atoms with Gasteiger partial charge in [-0.25, -0.2) is 9.78 Å². The number of imidazole rings is 1. The summed E-state index contributed by atoms with van der Waals surface area (Å²) < 4.78 is 13.0. The molecule has 0 unspecified atom stereocenters. The van der Waals surface area contributed by atoms with Crippen LogP contribution in [0.2, 0.25) is 0 Å². The number of aromatic nitrogens is 2. The summed E-state index contributed by atoms with van der Waals surface area (Å²) in [5.41, 5.74) is 1.71. The maximum absolute atomic E-state index is 12.3. The minimum atomic E-state index is -0.456. The van der Waals surface area contributed by atoms with Gasteiger partial charge in [-0.2, -0.15) is 0 Å². The Balaban J connectivity index is 1.74. The van der Waals surface area contributed by atoms with Gasteiger partial charge in [0, 0.05) is 32.7 Å². The summed E-state index contributed by atoms with van der Waals surface area (Å²) in [6, 6.07) is 8.22. The number of para-hydroxylation sites is 2. The summed E-state index contributed by atoms with van der Waals surface area (Å²) in [5.74, 6) is 1.45. The third-order valence-corrected chi connectivity index (χ3v) is 4.71. The zero-order valence-corrected chi connectivity index (χ0v) is 16.2. The monoisotopic (exact) mass is 359 g/mol. The van der Waals surface area contributed by atoms with E-state index >= 15 is 0 Å². The molecule has 2 aromatic rings. The molecule has 6 heteroatoms. The number of nitrogens with zero attached hydrogens (tertiary/aromatic N) is 3. The van der Waals surface area contributed by atoms with Gasteiger partial charge in [0.15, 0.2) is 0 Å². The number of piperidine rings is 1. The van der Waals surface area contributed by atoms with Crippen LogP contribution in [0.3, 0.4) is 0 Å². The normalized spacial score (nSPS) is 16.2. The standard InChI is InChI=1S/C20H29N3O3/c1-20(2,3)26-19(24)22-11-9-15(10-12-22)18-21-16-7-5-6-8-17(16)23(18)13-14-25-4/h5-8,15H,9-14H2,1-4H3. The second kappa shape index (κ2) is 7.66. The maximum atomic E-state index is 12.3. The third-order valence-electron chi connectivity index (χ3n) is 4.71. The van der Waals surface area contributed by atoms with Gasteiger partial charge in [-0.3, -0.25) is 0 Å². The van der Waals surface area contributed by atoms with Gasteiger partial charge in [0.25, 0.3) is 0 Å². The molecule has 0 radical (unpaired) electrons. The van der Waals surface area contributed by atoms with E-state index in [2.05, 4.69) is 16.7 Å². The third kappa shape index (κ3) is 4.18. The lowest BCUT2D eigenvalue weighted by Gasteiger charge is -2.33. The van der Waals surface area contributed by atoms with Gasteiger partial charge in [-0.15, -0.1) is 0 Å². The Morgan fingerprint density at radius 3 is 2.58 bits per heavy atom. The second-order valence-corrected chi connectivity index (χ2v) is 7.84. The van der Waals surface area contributed by atoms with Crippen molar-refractivity contribution >= 4 is 17.1 Å². The molecule has 1 aromatic carbocycles. The molecule has 0 bridgehead atoms. The van der Waals surface area contributed by atoms with Crippen molar-refractivity contribution in [1.29, 1.82) is 0 Å². The molecule has 2 heterocycles. The molecule has 1 aromatic heterocycles. The van der Waals surface area contributed by atoms with E-state index in [0.717, 1.165) is 36.2 Å². The Labute approximate surface area is 155 Å². The lowest BCUT2D eigenvalue weighted by Crippen LogP contribution is -2.41. The molecular weight excluding hydrogens is 330 g/mol. The molecule has 0 spiro atoms. The van der Waals surface area contributed by atoms with Crippen LogP contribution in [0.15, 0.2) is 24.3 Å². The van der Waals surface area contributed by atoms with E-state index in [1.54, 1.807) is 7.11 Å². The van der Waals surface area contributed by atoms with Crippen LogP contribution < -0.4 is 0 Å². The smallest absolute Gasteiger partial charge is 0.410 e. The molecule has 1 aliphatic rings. The van der Waals surface area contributed by atoms with Gasteiger partial charge in [0.1, 0.15) is 11.4 Å². The van der Waals surface area contributed by atoms with Crippen LogP contribution in [0.4, 0.5) is 4.79 Å². The van der Waals surface area contributed by atoms with Crippen LogP contribution in [-0.4, -0.2) is 53.0 Å². The fourth-order valence-corrected chi connectivity index (χ4v) is 3.47. The number of hydrogen-bond acceptors (Lipinski definition) is 4. The van der Waals surface area contributed by atoms with E-state index in [4.69, 9.17) is 14.5 Å². The molecule has 1 aliphatic heterocycles. The molecule has 142 valence electrons. The number of likely N-dealkylation sites (tertiary alicyclic amines) is 1. The number of carbonyl (C=O) groups is 1. The van der Waals surface area contributed by atoms with Crippen LogP contribution >= 0.6 is 0 Å². The Bertz CT molecular complexity index is 755. The van der Waals surface area contributed by atoms with E-state index in [9.17, 15) is 4.79 Å². The van der Waals surface area contributed by atoms with Gasteiger partial charge >= 0.3 is 6.09 Å². The summed E-state index contributed by atoms with van der Waals surface area (Å²) in [4.78, 5) is 19.0. The highest BCUT2D eigenvalue weighted by Crippen LogP contribution is 2.30. The Morgan fingerprint density at radius 1 is 1.23 bits per heavy atom. The van der Waals surface area contributed by atoms with Gasteiger partial charge in [-0.1, -0.05) is 12.1 Å². The van der Waals surface area contributed by atoms with Crippen LogP contribution in [0.5, 0.6) is 0 Å². The molecule has 6 nitrogen and oxygen atoms in total. The van der Waals surface area contributed by atoms with E-state index in [-0.39, 0.29) is 6.09 Å². The van der Waals surface area contributed by atoms with E-state index in [0.29, 0.717) is 25.6 Å². The highest BCUT2D eigenvalue weighted by atomic mass is 16.6. The highest BCUT2D eigenvalue weighted by Gasteiger charge is 2.29. The summed E-state index contributed by atoms with van der Waals surface area (Å²) in [6.07, 6.45) is 1.58. The number of ether oxygens (including phenoxy) is 2. The molecule has 1 fully saturated rings. The fraction of sp³-hybridized carbons (Fsp3) is 0.600. The van der Waals surface area contributed by atoms with Crippen molar-refractivity contribution in [1.82, 2.24) is 14.5 Å². The molecule has 0 N–H and O–H groups in total. The first kappa shape index (κ1) is 18.7. The molecular formula is C20H29N3O3. The Hall–Kier alpha value is -2.08. The van der Waals surface area contributed by atoms with Gasteiger partial charge < -0.3 is 18.9 Å². The average molecular weight is 359 g/mol. The molecule has 3 rings (SSSR count). The van der Waals surface area contributed by atoms with Crippen molar-refractivity contribution in [2.75, 3.05) is 26.8 Å². The number of amides is 1. The van der Waals surface area contributed by atoms with Gasteiger partial charge in [-0.05, 0) is 45.7 Å². The molecule has 0 saturated carbocycles. The molecule has 1 amide bonds. The first-order valence-corrected chi connectivity index (χ1v) is 9.31. The number of hydrogen-bond donors (Lipinski definition) is 0. The summed E-state index contributed by atoms with van der Waals surface area (Å²) in [5, 5.41) is 0. The molecule has 0 atom stereocenters. The minimum Gasteiger partial charge on any atom is -0.444 e. The predicted octanol–water partition coefficient (Wildman–Crippen LogP) is 3.80. The summed E-state index contributed by atoms with van der Waals surface area (Å²) in [6.45, 7) is 8.55. The lowest BCUT2D eigenvalue weighted by molar-refractivity contribution is 0.0202. The largest absolute Gasteiger partial charge is 0.444 e. The summed E-state index contributed by atoms with van der Waals surface area (Å²) in [7, 11) is 1.72. The van der Waals surface area contributed by atoms with Crippen molar-refractivity contribution in [3.8, 4) is 0 Å². The minimum absolute atomic E-state index is 0.219. The van der Waals surface area contributed by atoms with Crippen LogP contribution in [-0.2, 0) is 16.0 Å². The van der Waals surface area contributed by atoms with Crippen molar-refractivity contribution in [2.45, 2.75) is 51.7 Å². The van der Waals surface area contributed by atoms with Crippen LogP contribution in [0.1, 0.15) is 45.4 Å². The SMILES string of the molecule is COCCn1c(C2CCN(C(=O)OC(C)(C)C)CC2)nc2ccccc21.